The number of pyridine rings is 1. The summed E-state index contributed by atoms with van der Waals surface area (Å²) in [6.07, 6.45) is 9.96. The van der Waals surface area contributed by atoms with Crippen LogP contribution >= 0.6 is 0 Å². The molecule has 12 heteroatoms. The smallest absolute Gasteiger partial charge is 0.257 e. The fraction of sp³-hybridized carbons (Fsp3) is 0.152. The first-order chi connectivity index (χ1) is 28.3. The topological polar surface area (TPSA) is 124 Å². The minimum atomic E-state index is -0.262. The maximum absolute atomic E-state index is 13.5. The third kappa shape index (κ3) is 7.73. The average Bonchev–Trinajstić information content (AvgIpc) is 4.04. The highest BCUT2D eigenvalue weighted by Crippen LogP contribution is 2.30. The monoisotopic (exact) mass is 763 g/mol. The van der Waals surface area contributed by atoms with Crippen LogP contribution in [0.1, 0.15) is 38.2 Å². The molecule has 1 amide bonds. The van der Waals surface area contributed by atoms with Crippen molar-refractivity contribution in [3.8, 4) is 22.8 Å². The number of rotatable bonds is 12. The van der Waals surface area contributed by atoms with Crippen molar-refractivity contribution < 1.29 is 4.79 Å². The number of amides is 1. The molecule has 9 aromatic rings. The van der Waals surface area contributed by atoms with E-state index in [9.17, 15) is 4.79 Å². The first-order valence-corrected chi connectivity index (χ1v) is 19.2. The van der Waals surface area contributed by atoms with Gasteiger partial charge in [-0.1, -0.05) is 48.5 Å². The van der Waals surface area contributed by atoms with Crippen molar-refractivity contribution in [2.24, 2.45) is 7.05 Å². The molecular formula is C46H41N11O. The number of hydrogen-bond acceptors (Lipinski definition) is 8. The highest BCUT2D eigenvalue weighted by molar-refractivity contribution is 6.07. The Hall–Kier alpha value is -7.31. The highest BCUT2D eigenvalue weighted by atomic mass is 16.1. The summed E-state index contributed by atoms with van der Waals surface area (Å²) >= 11 is 0. The van der Waals surface area contributed by atoms with Gasteiger partial charge in [0.2, 0.25) is 5.82 Å². The number of benzene rings is 5. The Labute approximate surface area is 335 Å². The molecule has 0 bridgehead atoms. The zero-order valence-electron chi connectivity index (χ0n) is 32.5. The largest absolute Gasteiger partial charge is 0.321 e. The van der Waals surface area contributed by atoms with Crippen LogP contribution in [0.3, 0.4) is 0 Å². The van der Waals surface area contributed by atoms with Gasteiger partial charge in [0.15, 0.2) is 0 Å². The third-order valence-corrected chi connectivity index (χ3v) is 10.6. The van der Waals surface area contributed by atoms with Crippen LogP contribution in [0.5, 0.6) is 0 Å². The summed E-state index contributed by atoms with van der Waals surface area (Å²) in [5, 5.41) is 23.1. The van der Waals surface area contributed by atoms with Crippen molar-refractivity contribution >= 4 is 33.4 Å². The van der Waals surface area contributed by atoms with Gasteiger partial charge >= 0.3 is 0 Å². The Morgan fingerprint density at radius 3 is 2.43 bits per heavy atom. The maximum Gasteiger partial charge on any atom is 0.257 e. The van der Waals surface area contributed by atoms with E-state index in [2.05, 4.69) is 90.2 Å². The molecule has 0 saturated heterocycles. The fourth-order valence-corrected chi connectivity index (χ4v) is 7.28. The first kappa shape index (κ1) is 36.3. The van der Waals surface area contributed by atoms with Gasteiger partial charge in [0.25, 0.3) is 5.91 Å². The molecule has 9 rings (SSSR count). The minimum absolute atomic E-state index is 0.262. The van der Waals surface area contributed by atoms with Crippen LogP contribution in [0.15, 0.2) is 140 Å². The lowest BCUT2D eigenvalue weighted by Gasteiger charge is -2.23. The molecule has 4 aromatic heterocycles. The summed E-state index contributed by atoms with van der Waals surface area (Å²) in [6, 6.07) is 37.0. The van der Waals surface area contributed by atoms with Crippen molar-refractivity contribution in [1.82, 2.24) is 49.4 Å². The molecular weight excluding hydrogens is 723 g/mol. The number of hydrogen-bond donors (Lipinski definition) is 1. The summed E-state index contributed by atoms with van der Waals surface area (Å²) in [7, 11) is 1.97. The Morgan fingerprint density at radius 2 is 1.59 bits per heavy atom. The number of aryl methyl sites for hydroxylation is 3. The predicted octanol–water partition coefficient (Wildman–Crippen LogP) is 8.06. The molecule has 0 saturated carbocycles. The van der Waals surface area contributed by atoms with Crippen LogP contribution in [0.2, 0.25) is 0 Å². The van der Waals surface area contributed by atoms with E-state index in [0.29, 0.717) is 22.6 Å². The molecule has 0 aliphatic carbocycles. The Balaban J connectivity index is 0.915. The van der Waals surface area contributed by atoms with Gasteiger partial charge in [-0.15, -0.1) is 15.0 Å². The van der Waals surface area contributed by atoms with Gasteiger partial charge in [0.05, 0.1) is 40.5 Å². The molecule has 5 aromatic carbocycles. The standard InChI is InChI=1S/C46H41N11O/c1-31-21-41(43(22-32(31)2)50-46(58)38-25-36-8-4-5-10-42(36)48-26-38)45-51-53-57(52-45)39-14-11-33(12-15-39)17-19-55(29-35-13-16-44-37(23-35)27-49-54(44)3)28-34-7-6-9-40(24-34)56-20-18-47-30-56/h4-16,18,20-27,30H,17,19,28-29H2,1-3H3,(H,50,58). The van der Waals surface area contributed by atoms with Gasteiger partial charge in [0.1, 0.15) is 0 Å². The summed E-state index contributed by atoms with van der Waals surface area (Å²) in [6.45, 7) is 6.47. The number of carbonyl (C=O) groups is 1. The number of fused-ring (bicyclic) bond motifs is 2. The molecule has 0 unspecified atom stereocenters. The van der Waals surface area contributed by atoms with E-state index < -0.39 is 0 Å². The number of carbonyl (C=O) groups excluding carboxylic acids is 1. The fourth-order valence-electron chi connectivity index (χ4n) is 7.28. The van der Waals surface area contributed by atoms with Gasteiger partial charge in [-0.3, -0.25) is 19.4 Å². The van der Waals surface area contributed by atoms with Crippen molar-refractivity contribution in [2.75, 3.05) is 11.9 Å². The number of aromatic nitrogens is 9. The second-order valence-electron chi connectivity index (χ2n) is 14.7. The van der Waals surface area contributed by atoms with Crippen LogP contribution in [-0.2, 0) is 26.6 Å². The van der Waals surface area contributed by atoms with Gasteiger partial charge in [-0.2, -0.15) is 5.10 Å². The van der Waals surface area contributed by atoms with Crippen molar-refractivity contribution in [3.63, 3.8) is 0 Å². The molecule has 286 valence electrons. The van der Waals surface area contributed by atoms with E-state index in [1.54, 1.807) is 12.4 Å². The summed E-state index contributed by atoms with van der Waals surface area (Å²) in [5.74, 6) is 0.151. The number of imidazole rings is 1. The Kier molecular flexibility index (Phi) is 9.82. The molecule has 0 atom stereocenters. The van der Waals surface area contributed by atoms with Gasteiger partial charge in [0, 0.05) is 67.3 Å². The second-order valence-corrected chi connectivity index (χ2v) is 14.7. The molecule has 0 aliphatic rings. The Bertz CT molecular complexity index is 2890. The lowest BCUT2D eigenvalue weighted by atomic mass is 10.0. The quantitative estimate of drug-likeness (QED) is 0.133. The first-order valence-electron chi connectivity index (χ1n) is 19.2. The average molecular weight is 764 g/mol. The second kappa shape index (κ2) is 15.7. The zero-order valence-corrected chi connectivity index (χ0v) is 32.5. The number of tetrazole rings is 1. The minimum Gasteiger partial charge on any atom is -0.321 e. The van der Waals surface area contributed by atoms with Gasteiger partial charge < -0.3 is 9.88 Å². The summed E-state index contributed by atoms with van der Waals surface area (Å²) in [4.78, 5) is 26.2. The van der Waals surface area contributed by atoms with Gasteiger partial charge in [-0.05, 0) is 114 Å². The SMILES string of the molecule is Cc1cc(NC(=O)c2cnc3ccccc3c2)c(-c2nnn(-c3ccc(CCN(Cc4cccc(-n5ccnc5)c4)Cc4ccc5c(cnn5C)c4)cc3)n2)cc1C. The zero-order chi connectivity index (χ0) is 39.6. The van der Waals surface area contributed by atoms with E-state index in [1.165, 1.54) is 21.5 Å². The lowest BCUT2D eigenvalue weighted by Crippen LogP contribution is -2.25. The number of nitrogens with one attached hydrogen (secondary N) is 1. The number of para-hydroxylation sites is 1. The van der Waals surface area contributed by atoms with Crippen LogP contribution < -0.4 is 5.32 Å². The molecule has 4 heterocycles. The summed E-state index contributed by atoms with van der Waals surface area (Å²) < 4.78 is 3.94. The van der Waals surface area contributed by atoms with Crippen LogP contribution in [0.4, 0.5) is 5.69 Å². The van der Waals surface area contributed by atoms with Crippen molar-refractivity contribution in [1.29, 1.82) is 0 Å². The molecule has 12 nitrogen and oxygen atoms in total. The summed E-state index contributed by atoms with van der Waals surface area (Å²) in [5.41, 5.74) is 11.4. The molecule has 0 aliphatic heterocycles. The number of nitrogens with zero attached hydrogens (tertiary/aromatic N) is 10. The molecule has 0 radical (unpaired) electrons. The van der Waals surface area contributed by atoms with Crippen molar-refractivity contribution in [2.45, 2.75) is 33.4 Å². The molecule has 58 heavy (non-hydrogen) atoms. The molecule has 0 fully saturated rings. The van der Waals surface area contributed by atoms with Crippen molar-refractivity contribution in [3.05, 3.63) is 174 Å². The van der Waals surface area contributed by atoms with Crippen LogP contribution in [0.25, 0.3) is 44.6 Å². The highest BCUT2D eigenvalue weighted by Gasteiger charge is 2.18. The lowest BCUT2D eigenvalue weighted by molar-refractivity contribution is 0.102. The normalized spacial score (nSPS) is 11.5. The van der Waals surface area contributed by atoms with Crippen LogP contribution in [0, 0.1) is 13.8 Å². The van der Waals surface area contributed by atoms with E-state index in [-0.39, 0.29) is 5.91 Å². The van der Waals surface area contributed by atoms with E-state index >= 15 is 0 Å². The maximum atomic E-state index is 13.5. The molecule has 1 N–H and O–H groups in total. The van der Waals surface area contributed by atoms with E-state index in [4.69, 9.17) is 5.10 Å². The molecule has 0 spiro atoms. The van der Waals surface area contributed by atoms with Gasteiger partial charge in [-0.25, -0.2) is 4.98 Å². The predicted molar refractivity (Wildman–Crippen MR) is 226 cm³/mol. The Morgan fingerprint density at radius 1 is 0.776 bits per heavy atom. The third-order valence-electron chi connectivity index (χ3n) is 10.6. The van der Waals surface area contributed by atoms with E-state index in [0.717, 1.165) is 70.4 Å². The van der Waals surface area contributed by atoms with E-state index in [1.807, 2.05) is 103 Å². The number of anilines is 1. The van der Waals surface area contributed by atoms with Crippen LogP contribution in [-0.4, -0.2) is 61.9 Å².